The van der Waals surface area contributed by atoms with E-state index in [4.69, 9.17) is 9.15 Å². The first-order valence-electron chi connectivity index (χ1n) is 9.76. The summed E-state index contributed by atoms with van der Waals surface area (Å²) >= 11 is 0. The average Bonchev–Trinajstić information content (AvgIpc) is 3.44. The summed E-state index contributed by atoms with van der Waals surface area (Å²) in [7, 11) is -2.24. The molecule has 1 unspecified atom stereocenters. The Kier molecular flexibility index (Phi) is 5.75. The van der Waals surface area contributed by atoms with E-state index in [9.17, 15) is 13.2 Å². The first kappa shape index (κ1) is 21.0. The maximum Gasteiger partial charge on any atom is 0.322 e. The number of aryl methyl sites for hydroxylation is 1. The molecule has 3 aromatic rings. The summed E-state index contributed by atoms with van der Waals surface area (Å²) in [6.07, 6.45) is 0.996. The van der Waals surface area contributed by atoms with E-state index in [2.05, 4.69) is 15.5 Å². The van der Waals surface area contributed by atoms with Crippen molar-refractivity contribution in [2.24, 2.45) is 0 Å². The van der Waals surface area contributed by atoms with Gasteiger partial charge in [0.05, 0.1) is 12.0 Å². The normalized spacial score (nSPS) is 16.9. The van der Waals surface area contributed by atoms with E-state index in [0.29, 0.717) is 24.2 Å². The van der Waals surface area contributed by atoms with Crippen molar-refractivity contribution in [1.82, 2.24) is 14.5 Å². The molecule has 2 aromatic carbocycles. The highest BCUT2D eigenvalue weighted by atomic mass is 32.2. The lowest BCUT2D eigenvalue weighted by Crippen LogP contribution is -2.43. The van der Waals surface area contributed by atoms with E-state index in [-0.39, 0.29) is 23.3 Å². The molecule has 0 saturated carbocycles. The molecular weight excluding hydrogens is 420 g/mol. The summed E-state index contributed by atoms with van der Waals surface area (Å²) in [5.74, 6) is 0.336. The van der Waals surface area contributed by atoms with E-state index in [1.807, 2.05) is 6.92 Å². The molecule has 0 bridgehead atoms. The van der Waals surface area contributed by atoms with Gasteiger partial charge < -0.3 is 9.15 Å². The number of ether oxygens (including phenoxy) is 1. The molecule has 2 heterocycles. The number of benzene rings is 2. The zero-order chi connectivity index (χ0) is 22.0. The lowest BCUT2D eigenvalue weighted by Gasteiger charge is -2.22. The van der Waals surface area contributed by atoms with Gasteiger partial charge in [-0.05, 0) is 50.1 Å². The predicted molar refractivity (Wildman–Crippen MR) is 113 cm³/mol. The fourth-order valence-electron chi connectivity index (χ4n) is 3.47. The number of nitrogens with one attached hydrogen (secondary N) is 1. The van der Waals surface area contributed by atoms with Crippen LogP contribution in [0.5, 0.6) is 5.75 Å². The van der Waals surface area contributed by atoms with Crippen LogP contribution in [0.2, 0.25) is 0 Å². The van der Waals surface area contributed by atoms with E-state index in [1.54, 1.807) is 55.6 Å². The highest BCUT2D eigenvalue weighted by Gasteiger charge is 2.39. The highest BCUT2D eigenvalue weighted by Crippen LogP contribution is 2.28. The summed E-state index contributed by atoms with van der Waals surface area (Å²) in [4.78, 5) is 13.0. The Morgan fingerprint density at radius 3 is 2.71 bits per heavy atom. The van der Waals surface area contributed by atoms with Crippen molar-refractivity contribution in [3.05, 3.63) is 54.1 Å². The SMILES string of the molecule is COc1cccc(-c2nnc(NC(=O)C3CCCN3S(=O)(=O)c3ccc(C)cc3)o2)c1. The second-order valence-corrected chi connectivity index (χ2v) is 9.11. The zero-order valence-electron chi connectivity index (χ0n) is 17.1. The summed E-state index contributed by atoms with van der Waals surface area (Å²) in [6, 6.07) is 12.7. The number of carbonyl (C=O) groups is 1. The molecule has 9 nitrogen and oxygen atoms in total. The Morgan fingerprint density at radius 1 is 1.19 bits per heavy atom. The Hall–Kier alpha value is -3.24. The van der Waals surface area contributed by atoms with Crippen molar-refractivity contribution in [1.29, 1.82) is 0 Å². The van der Waals surface area contributed by atoms with Gasteiger partial charge in [-0.25, -0.2) is 8.42 Å². The van der Waals surface area contributed by atoms with Crippen LogP contribution in [0.25, 0.3) is 11.5 Å². The summed E-state index contributed by atoms with van der Waals surface area (Å²) in [5, 5.41) is 10.4. The fourth-order valence-corrected chi connectivity index (χ4v) is 5.13. The van der Waals surface area contributed by atoms with Crippen LogP contribution in [0.15, 0.2) is 57.8 Å². The van der Waals surface area contributed by atoms with Crippen molar-refractivity contribution in [3.63, 3.8) is 0 Å². The molecule has 1 amide bonds. The first-order valence-corrected chi connectivity index (χ1v) is 11.2. The minimum absolute atomic E-state index is 0.0950. The number of aromatic nitrogens is 2. The van der Waals surface area contributed by atoms with Gasteiger partial charge in [0.2, 0.25) is 21.8 Å². The Balaban J connectivity index is 1.50. The van der Waals surface area contributed by atoms with Crippen LogP contribution in [-0.4, -0.2) is 48.5 Å². The van der Waals surface area contributed by atoms with Gasteiger partial charge in [0, 0.05) is 12.1 Å². The minimum atomic E-state index is -3.80. The fraction of sp³-hybridized carbons (Fsp3) is 0.286. The summed E-state index contributed by atoms with van der Waals surface area (Å²) in [6.45, 7) is 2.15. The third-order valence-electron chi connectivity index (χ3n) is 5.11. The van der Waals surface area contributed by atoms with Crippen LogP contribution in [0.1, 0.15) is 18.4 Å². The molecule has 4 rings (SSSR count). The lowest BCUT2D eigenvalue weighted by molar-refractivity contribution is -0.119. The lowest BCUT2D eigenvalue weighted by atomic mass is 10.2. The van der Waals surface area contributed by atoms with Gasteiger partial charge in [0.1, 0.15) is 11.8 Å². The van der Waals surface area contributed by atoms with Crippen LogP contribution >= 0.6 is 0 Å². The van der Waals surface area contributed by atoms with Gasteiger partial charge in [-0.15, -0.1) is 5.10 Å². The number of methoxy groups -OCH3 is 1. The molecule has 1 atom stereocenters. The van der Waals surface area contributed by atoms with Crippen molar-refractivity contribution in [3.8, 4) is 17.2 Å². The van der Waals surface area contributed by atoms with Gasteiger partial charge in [0.15, 0.2) is 0 Å². The van der Waals surface area contributed by atoms with Gasteiger partial charge in [0.25, 0.3) is 0 Å². The largest absolute Gasteiger partial charge is 0.497 e. The smallest absolute Gasteiger partial charge is 0.322 e. The quantitative estimate of drug-likeness (QED) is 0.624. The Morgan fingerprint density at radius 2 is 1.97 bits per heavy atom. The topological polar surface area (TPSA) is 115 Å². The van der Waals surface area contributed by atoms with Crippen molar-refractivity contribution < 1.29 is 22.4 Å². The van der Waals surface area contributed by atoms with Crippen LogP contribution in [0, 0.1) is 6.92 Å². The molecule has 1 aromatic heterocycles. The molecule has 1 saturated heterocycles. The van der Waals surface area contributed by atoms with E-state index in [1.165, 1.54) is 4.31 Å². The highest BCUT2D eigenvalue weighted by molar-refractivity contribution is 7.89. The van der Waals surface area contributed by atoms with Crippen LogP contribution in [0.4, 0.5) is 6.01 Å². The average molecular weight is 442 g/mol. The first-order chi connectivity index (χ1) is 14.9. The zero-order valence-corrected chi connectivity index (χ0v) is 17.9. The number of sulfonamides is 1. The maximum atomic E-state index is 13.0. The molecule has 0 radical (unpaired) electrons. The molecule has 1 N–H and O–H groups in total. The van der Waals surface area contributed by atoms with Gasteiger partial charge >= 0.3 is 6.01 Å². The third-order valence-corrected chi connectivity index (χ3v) is 7.03. The maximum absolute atomic E-state index is 13.0. The molecular formula is C21H22N4O5S. The van der Waals surface area contributed by atoms with E-state index in [0.717, 1.165) is 5.56 Å². The Bertz CT molecular complexity index is 1190. The van der Waals surface area contributed by atoms with Gasteiger partial charge in [-0.3, -0.25) is 10.1 Å². The molecule has 1 aliphatic heterocycles. The molecule has 0 aliphatic carbocycles. The third kappa shape index (κ3) is 4.30. The number of anilines is 1. The summed E-state index contributed by atoms with van der Waals surface area (Å²) < 4.78 is 38.0. The minimum Gasteiger partial charge on any atom is -0.497 e. The van der Waals surface area contributed by atoms with Gasteiger partial charge in [-0.1, -0.05) is 28.9 Å². The van der Waals surface area contributed by atoms with E-state index < -0.39 is 22.0 Å². The van der Waals surface area contributed by atoms with Crippen molar-refractivity contribution in [2.45, 2.75) is 30.7 Å². The van der Waals surface area contributed by atoms with Crippen LogP contribution < -0.4 is 10.1 Å². The number of carbonyl (C=O) groups excluding carboxylic acids is 1. The number of rotatable bonds is 6. The predicted octanol–water partition coefficient (Wildman–Crippen LogP) is 2.85. The number of nitrogens with zero attached hydrogens (tertiary/aromatic N) is 3. The van der Waals surface area contributed by atoms with Crippen molar-refractivity contribution in [2.75, 3.05) is 19.0 Å². The molecule has 0 spiro atoms. The standard InChI is InChI=1S/C21H22N4O5S/c1-14-8-10-17(11-9-14)31(27,28)25-12-4-7-18(25)19(26)22-21-24-23-20(30-21)15-5-3-6-16(13-15)29-2/h3,5-6,8-11,13,18H,4,7,12H2,1-2H3,(H,22,24,26). The number of hydrogen-bond acceptors (Lipinski definition) is 7. The number of hydrogen-bond donors (Lipinski definition) is 1. The number of amides is 1. The van der Waals surface area contributed by atoms with Crippen molar-refractivity contribution >= 4 is 21.9 Å². The molecule has 162 valence electrons. The molecule has 31 heavy (non-hydrogen) atoms. The van der Waals surface area contributed by atoms with Crippen LogP contribution in [-0.2, 0) is 14.8 Å². The molecule has 10 heteroatoms. The second-order valence-electron chi connectivity index (χ2n) is 7.22. The molecule has 1 fully saturated rings. The van der Waals surface area contributed by atoms with Gasteiger partial charge in [-0.2, -0.15) is 4.31 Å². The van der Waals surface area contributed by atoms with Crippen LogP contribution in [0.3, 0.4) is 0 Å². The monoisotopic (exact) mass is 442 g/mol. The van der Waals surface area contributed by atoms with E-state index >= 15 is 0 Å². The molecule has 1 aliphatic rings. The summed E-state index contributed by atoms with van der Waals surface area (Å²) in [5.41, 5.74) is 1.59. The Labute approximate surface area is 180 Å². The second kappa shape index (κ2) is 8.48.